The van der Waals surface area contributed by atoms with Crippen molar-refractivity contribution in [3.05, 3.63) is 77.0 Å². The molecule has 1 aliphatic rings. The van der Waals surface area contributed by atoms with Crippen molar-refractivity contribution in [1.82, 2.24) is 19.7 Å². The summed E-state index contributed by atoms with van der Waals surface area (Å²) < 4.78 is 41.9. The van der Waals surface area contributed by atoms with Crippen LogP contribution in [-0.4, -0.2) is 25.5 Å². The molecule has 0 saturated heterocycles. The fraction of sp³-hybridized carbons (Fsp3) is 0.280. The number of halogens is 3. The van der Waals surface area contributed by atoms with E-state index in [-0.39, 0.29) is 11.7 Å². The van der Waals surface area contributed by atoms with E-state index in [1.807, 2.05) is 31.4 Å². The number of aromatic nitrogens is 4. The van der Waals surface area contributed by atoms with Gasteiger partial charge in [-0.05, 0) is 60.2 Å². The number of carbonyl (C=O) groups excluding carboxylic acids is 1. The molecule has 5 rings (SSSR count). The molecule has 33 heavy (non-hydrogen) atoms. The van der Waals surface area contributed by atoms with Crippen molar-refractivity contribution < 1.29 is 18.0 Å². The van der Waals surface area contributed by atoms with Gasteiger partial charge in [-0.2, -0.15) is 18.3 Å². The molecule has 4 aromatic rings. The molecule has 0 aliphatic heterocycles. The lowest BCUT2D eigenvalue weighted by molar-refractivity contribution is -0.141. The molecule has 0 unspecified atom stereocenters. The summed E-state index contributed by atoms with van der Waals surface area (Å²) in [6.07, 6.45) is 1.16. The summed E-state index contributed by atoms with van der Waals surface area (Å²) in [5.41, 5.74) is 3.68. The number of aryl methyl sites for hydroxylation is 1. The van der Waals surface area contributed by atoms with Gasteiger partial charge in [-0.3, -0.25) is 9.48 Å². The largest absolute Gasteiger partial charge is 0.433 e. The number of nitrogens with zero attached hydrogens (tertiary/aromatic N) is 4. The van der Waals surface area contributed by atoms with E-state index in [2.05, 4.69) is 15.1 Å². The van der Waals surface area contributed by atoms with E-state index in [0.717, 1.165) is 41.0 Å². The van der Waals surface area contributed by atoms with Gasteiger partial charge in [-0.15, -0.1) is 0 Å². The number of ketones is 1. The second kappa shape index (κ2) is 7.79. The van der Waals surface area contributed by atoms with Crippen LogP contribution >= 0.6 is 0 Å². The van der Waals surface area contributed by atoms with Crippen molar-refractivity contribution in [3.63, 3.8) is 0 Å². The zero-order chi connectivity index (χ0) is 23.3. The fourth-order valence-electron chi connectivity index (χ4n) is 4.05. The molecular weight excluding hydrogens is 429 g/mol. The van der Waals surface area contributed by atoms with Gasteiger partial charge in [-0.1, -0.05) is 12.1 Å². The van der Waals surface area contributed by atoms with Crippen LogP contribution in [0.25, 0.3) is 22.0 Å². The molecule has 0 bridgehead atoms. The van der Waals surface area contributed by atoms with E-state index >= 15 is 0 Å². The number of alkyl halides is 3. The van der Waals surface area contributed by atoms with E-state index in [9.17, 15) is 18.0 Å². The predicted molar refractivity (Wildman–Crippen MR) is 118 cm³/mol. The Kier molecular flexibility index (Phi) is 5.03. The minimum atomic E-state index is -4.49. The molecule has 0 amide bonds. The molecule has 3 aromatic heterocycles. The van der Waals surface area contributed by atoms with Gasteiger partial charge in [0.1, 0.15) is 11.4 Å². The van der Waals surface area contributed by atoms with Gasteiger partial charge >= 0.3 is 6.18 Å². The molecule has 168 valence electrons. The highest BCUT2D eigenvalue weighted by atomic mass is 19.4. The van der Waals surface area contributed by atoms with Crippen LogP contribution in [0, 0.1) is 0 Å². The number of hydrogen-bond donors (Lipinski definition) is 0. The van der Waals surface area contributed by atoms with Crippen LogP contribution in [0.15, 0.2) is 48.8 Å². The normalized spacial score (nSPS) is 14.1. The first-order chi connectivity index (χ1) is 15.7. The first kappa shape index (κ1) is 21.3. The Balaban J connectivity index is 1.58. The molecular formula is C25H21F3N4O. The van der Waals surface area contributed by atoms with E-state index in [4.69, 9.17) is 0 Å². The average molecular weight is 450 g/mol. The van der Waals surface area contributed by atoms with Gasteiger partial charge in [0.25, 0.3) is 0 Å². The number of fused-ring (bicyclic) bond motifs is 1. The summed E-state index contributed by atoms with van der Waals surface area (Å²) in [5, 5.41) is 5.07. The van der Waals surface area contributed by atoms with Crippen LogP contribution in [0.3, 0.4) is 0 Å². The number of benzene rings is 1. The van der Waals surface area contributed by atoms with E-state index in [1.54, 1.807) is 23.0 Å². The van der Waals surface area contributed by atoms with E-state index in [1.165, 1.54) is 6.92 Å². The summed E-state index contributed by atoms with van der Waals surface area (Å²) in [6, 6.07) is 10.3. The van der Waals surface area contributed by atoms with Crippen LogP contribution in [0.5, 0.6) is 0 Å². The third-order valence-corrected chi connectivity index (χ3v) is 5.85. The highest BCUT2D eigenvalue weighted by molar-refractivity contribution is 6.01. The third-order valence-electron chi connectivity index (χ3n) is 5.85. The fourth-order valence-corrected chi connectivity index (χ4v) is 4.05. The van der Waals surface area contributed by atoms with Gasteiger partial charge < -0.3 is 0 Å². The van der Waals surface area contributed by atoms with Gasteiger partial charge in [0.2, 0.25) is 0 Å². The lowest BCUT2D eigenvalue weighted by Gasteiger charge is -2.12. The molecule has 5 nitrogen and oxygen atoms in total. The maximum absolute atomic E-state index is 13.4. The molecule has 0 N–H and O–H groups in total. The molecule has 3 heterocycles. The number of pyridine rings is 2. The molecule has 1 fully saturated rings. The maximum atomic E-state index is 13.4. The monoisotopic (exact) mass is 450 g/mol. The Morgan fingerprint density at radius 2 is 1.88 bits per heavy atom. The Morgan fingerprint density at radius 1 is 1.09 bits per heavy atom. The second-order valence-corrected chi connectivity index (χ2v) is 8.60. The SMILES string of the molecule is CC(=O)c1cc(-c2cnn(C)c2)c2ccc(Cc3cc(C4CC4)nc(C(F)(F)F)c3)cc2n1. The average Bonchev–Trinajstić information content (AvgIpc) is 3.52. The molecule has 0 radical (unpaired) electrons. The zero-order valence-corrected chi connectivity index (χ0v) is 18.1. The van der Waals surface area contributed by atoms with Crippen molar-refractivity contribution in [3.8, 4) is 11.1 Å². The van der Waals surface area contributed by atoms with Gasteiger partial charge in [0.15, 0.2) is 5.78 Å². The van der Waals surface area contributed by atoms with Crippen LogP contribution in [-0.2, 0) is 19.6 Å². The Hall–Kier alpha value is -3.55. The number of Topliss-reactive ketones (excluding diaryl/α,β-unsaturated/α-hetero) is 1. The van der Waals surface area contributed by atoms with Crippen LogP contribution < -0.4 is 0 Å². The highest BCUT2D eigenvalue weighted by Crippen LogP contribution is 2.41. The number of rotatable bonds is 5. The van der Waals surface area contributed by atoms with Crippen molar-refractivity contribution in [2.24, 2.45) is 7.05 Å². The van der Waals surface area contributed by atoms with Gasteiger partial charge in [0.05, 0.1) is 11.7 Å². The first-order valence-corrected chi connectivity index (χ1v) is 10.7. The standard InChI is InChI=1S/C25H21F3N4O/c1-14(33)21-11-20(18-12-29-32(2)13-18)19-6-3-15(8-23(19)30-21)7-16-9-22(17-4-5-17)31-24(10-16)25(26,27)28/h3,6,8-13,17H,4-5,7H2,1-2H3. The minimum absolute atomic E-state index is 0.115. The van der Waals surface area contributed by atoms with E-state index < -0.39 is 11.9 Å². The van der Waals surface area contributed by atoms with E-state index in [0.29, 0.717) is 28.9 Å². The summed E-state index contributed by atoms with van der Waals surface area (Å²) in [7, 11) is 1.82. The van der Waals surface area contributed by atoms with Crippen molar-refractivity contribution in [1.29, 1.82) is 0 Å². The Labute approximate surface area is 188 Å². The van der Waals surface area contributed by atoms with Gasteiger partial charge in [-0.25, -0.2) is 9.97 Å². The summed E-state index contributed by atoms with van der Waals surface area (Å²) in [6.45, 7) is 1.46. The molecule has 0 atom stereocenters. The summed E-state index contributed by atoms with van der Waals surface area (Å²) in [4.78, 5) is 20.5. The molecule has 1 saturated carbocycles. The zero-order valence-electron chi connectivity index (χ0n) is 18.1. The molecule has 0 spiro atoms. The topological polar surface area (TPSA) is 60.7 Å². The third kappa shape index (κ3) is 4.37. The minimum Gasteiger partial charge on any atom is -0.293 e. The first-order valence-electron chi connectivity index (χ1n) is 10.7. The highest BCUT2D eigenvalue weighted by Gasteiger charge is 2.35. The molecule has 1 aromatic carbocycles. The Bertz CT molecular complexity index is 1390. The van der Waals surface area contributed by atoms with Crippen LogP contribution in [0.2, 0.25) is 0 Å². The van der Waals surface area contributed by atoms with Crippen molar-refractivity contribution in [2.75, 3.05) is 0 Å². The summed E-state index contributed by atoms with van der Waals surface area (Å²) in [5.74, 6) is -0.0463. The molecule has 1 aliphatic carbocycles. The van der Waals surface area contributed by atoms with Crippen LogP contribution in [0.1, 0.15) is 58.7 Å². The maximum Gasteiger partial charge on any atom is 0.433 e. The molecule has 8 heteroatoms. The predicted octanol–water partition coefficient (Wildman–Crippen LogP) is 5.72. The summed E-state index contributed by atoms with van der Waals surface area (Å²) >= 11 is 0. The van der Waals surface area contributed by atoms with Crippen molar-refractivity contribution >= 4 is 16.7 Å². The van der Waals surface area contributed by atoms with Gasteiger partial charge in [0, 0.05) is 42.7 Å². The number of hydrogen-bond acceptors (Lipinski definition) is 4. The quantitative estimate of drug-likeness (QED) is 0.365. The smallest absolute Gasteiger partial charge is 0.293 e. The second-order valence-electron chi connectivity index (χ2n) is 8.60. The van der Waals surface area contributed by atoms with Crippen LogP contribution in [0.4, 0.5) is 13.2 Å². The lowest BCUT2D eigenvalue weighted by Crippen LogP contribution is -2.10. The number of carbonyl (C=O) groups is 1. The lowest BCUT2D eigenvalue weighted by atomic mass is 9.97. The van der Waals surface area contributed by atoms with Crippen molar-refractivity contribution in [2.45, 2.75) is 38.3 Å². The Morgan fingerprint density at radius 3 is 2.52 bits per heavy atom.